The third kappa shape index (κ3) is 4.18. The van der Waals surface area contributed by atoms with Crippen LogP contribution in [-0.2, 0) is 4.74 Å². The van der Waals surface area contributed by atoms with E-state index in [0.717, 1.165) is 16.7 Å². The number of rotatable bonds is 7. The number of aromatic nitrogens is 1. The molecule has 2 atom stereocenters. The largest absolute Gasteiger partial charge is 0.404 e. The van der Waals surface area contributed by atoms with E-state index in [0.29, 0.717) is 0 Å². The van der Waals surface area contributed by atoms with Gasteiger partial charge in [-0.1, -0.05) is 43.0 Å². The van der Waals surface area contributed by atoms with Gasteiger partial charge in [0.1, 0.15) is 5.82 Å². The molecule has 0 saturated heterocycles. The third-order valence-corrected chi connectivity index (χ3v) is 3.78. The highest BCUT2D eigenvalue weighted by molar-refractivity contribution is 5.38. The molecule has 24 heavy (non-hydrogen) atoms. The number of ether oxygens (including phenoxy) is 1. The van der Waals surface area contributed by atoms with Gasteiger partial charge < -0.3 is 10.5 Å². The number of hydrogen-bond acceptors (Lipinski definition) is 3. The van der Waals surface area contributed by atoms with Gasteiger partial charge in [0.05, 0.1) is 6.10 Å². The zero-order chi connectivity index (χ0) is 17.4. The van der Waals surface area contributed by atoms with Crippen molar-refractivity contribution < 1.29 is 9.13 Å². The molecule has 0 radical (unpaired) electrons. The molecule has 2 N–H and O–H groups in total. The van der Waals surface area contributed by atoms with E-state index in [9.17, 15) is 4.39 Å². The van der Waals surface area contributed by atoms with Gasteiger partial charge in [-0.2, -0.15) is 0 Å². The highest BCUT2D eigenvalue weighted by atomic mass is 19.1. The number of nitrogens with two attached hydrogens (primary N) is 1. The molecule has 1 heterocycles. The summed E-state index contributed by atoms with van der Waals surface area (Å²) >= 11 is 0. The molecule has 0 fully saturated rings. The number of benzene rings is 1. The quantitative estimate of drug-likeness (QED) is 0.774. The highest BCUT2D eigenvalue weighted by Crippen LogP contribution is 2.39. The second-order valence-corrected chi connectivity index (χ2v) is 5.23. The molecule has 0 bridgehead atoms. The van der Waals surface area contributed by atoms with E-state index < -0.39 is 0 Å². The van der Waals surface area contributed by atoms with E-state index in [1.165, 1.54) is 12.1 Å². The van der Waals surface area contributed by atoms with Gasteiger partial charge in [0.2, 0.25) is 0 Å². The van der Waals surface area contributed by atoms with E-state index in [1.54, 1.807) is 43.9 Å². The Morgan fingerprint density at radius 1 is 1.25 bits per heavy atom. The van der Waals surface area contributed by atoms with Crippen LogP contribution < -0.4 is 5.73 Å². The number of pyridine rings is 1. The van der Waals surface area contributed by atoms with Crippen molar-refractivity contribution in [1.29, 1.82) is 0 Å². The van der Waals surface area contributed by atoms with Crippen molar-refractivity contribution in [3.05, 3.63) is 102 Å². The fourth-order valence-corrected chi connectivity index (χ4v) is 2.66. The second kappa shape index (κ2) is 8.79. The fourth-order valence-electron chi connectivity index (χ4n) is 2.66. The smallest absolute Gasteiger partial charge is 0.123 e. The van der Waals surface area contributed by atoms with Crippen molar-refractivity contribution in [2.75, 3.05) is 7.11 Å². The van der Waals surface area contributed by atoms with Crippen LogP contribution in [0.15, 0.2) is 85.4 Å². The lowest BCUT2D eigenvalue weighted by atomic mass is 9.84. The maximum Gasteiger partial charge on any atom is 0.123 e. The molecule has 0 spiro atoms. The van der Waals surface area contributed by atoms with E-state index in [2.05, 4.69) is 11.6 Å². The number of allylic oxidation sites excluding steroid dienone is 3. The molecular formula is C20H21FN2O. The summed E-state index contributed by atoms with van der Waals surface area (Å²) in [5.41, 5.74) is 8.54. The van der Waals surface area contributed by atoms with Crippen LogP contribution in [0.4, 0.5) is 4.39 Å². The normalized spacial score (nSPS) is 14.5. The van der Waals surface area contributed by atoms with Crippen LogP contribution in [-0.4, -0.2) is 12.1 Å². The minimum Gasteiger partial charge on any atom is -0.404 e. The number of hydrogen-bond donors (Lipinski definition) is 1. The molecule has 1 aromatic heterocycles. The monoisotopic (exact) mass is 324 g/mol. The molecule has 4 heteroatoms. The summed E-state index contributed by atoms with van der Waals surface area (Å²) in [6.45, 7) is 3.69. The molecule has 2 rings (SSSR count). The maximum atomic E-state index is 13.3. The van der Waals surface area contributed by atoms with Gasteiger partial charge in [-0.05, 0) is 41.1 Å². The summed E-state index contributed by atoms with van der Waals surface area (Å²) in [6, 6.07) is 10.1. The maximum absolute atomic E-state index is 13.3. The van der Waals surface area contributed by atoms with Gasteiger partial charge in [0.25, 0.3) is 0 Å². The van der Waals surface area contributed by atoms with Gasteiger partial charge in [-0.3, -0.25) is 4.98 Å². The molecule has 124 valence electrons. The summed E-state index contributed by atoms with van der Waals surface area (Å²) in [7, 11) is 1.63. The van der Waals surface area contributed by atoms with E-state index >= 15 is 0 Å². The third-order valence-electron chi connectivity index (χ3n) is 3.78. The molecule has 0 aliphatic heterocycles. The average molecular weight is 324 g/mol. The van der Waals surface area contributed by atoms with Gasteiger partial charge in [0.15, 0.2) is 0 Å². The van der Waals surface area contributed by atoms with Gasteiger partial charge in [-0.25, -0.2) is 4.39 Å². The second-order valence-electron chi connectivity index (χ2n) is 5.23. The highest BCUT2D eigenvalue weighted by Gasteiger charge is 2.27. The molecule has 2 unspecified atom stereocenters. The first-order chi connectivity index (χ1) is 11.7. The molecule has 2 aromatic rings. The Bertz CT molecular complexity index is 708. The predicted molar refractivity (Wildman–Crippen MR) is 94.7 cm³/mol. The molecule has 0 aliphatic carbocycles. The zero-order valence-corrected chi connectivity index (χ0v) is 13.6. The van der Waals surface area contributed by atoms with E-state index in [4.69, 9.17) is 10.5 Å². The van der Waals surface area contributed by atoms with Crippen LogP contribution in [0.5, 0.6) is 0 Å². The molecule has 1 aromatic carbocycles. The van der Waals surface area contributed by atoms with Crippen LogP contribution in [0.1, 0.15) is 23.1 Å². The van der Waals surface area contributed by atoms with Crippen LogP contribution in [0.25, 0.3) is 0 Å². The molecule has 0 aliphatic rings. The van der Waals surface area contributed by atoms with E-state index in [-0.39, 0.29) is 17.8 Å². The average Bonchev–Trinajstić information content (AvgIpc) is 2.63. The molecule has 0 amide bonds. The first kappa shape index (κ1) is 17.6. The summed E-state index contributed by atoms with van der Waals surface area (Å²) in [4.78, 5) is 4.20. The number of halogens is 1. The lowest BCUT2D eigenvalue weighted by molar-refractivity contribution is 0.0887. The fraction of sp³-hybridized carbons (Fsp3) is 0.150. The van der Waals surface area contributed by atoms with Crippen molar-refractivity contribution in [1.82, 2.24) is 4.98 Å². The van der Waals surface area contributed by atoms with Crippen LogP contribution in [0.3, 0.4) is 0 Å². The van der Waals surface area contributed by atoms with Crippen LogP contribution >= 0.6 is 0 Å². The summed E-state index contributed by atoms with van der Waals surface area (Å²) in [5.74, 6) is -0.469. The van der Waals surface area contributed by atoms with Gasteiger partial charge in [-0.15, -0.1) is 0 Å². The standard InChI is InChI=1S/C20H21FN2O/c1-3-4-6-16(13-22)19(17-7-5-12-23-14-17)20(24-2)15-8-10-18(21)11-9-15/h3-14,19-20H,1,22H2,2H3/b6-4-,16-13+. The van der Waals surface area contributed by atoms with E-state index in [1.807, 2.05) is 24.3 Å². The minimum atomic E-state index is -0.334. The van der Waals surface area contributed by atoms with Gasteiger partial charge >= 0.3 is 0 Å². The Morgan fingerprint density at radius 3 is 2.54 bits per heavy atom. The Morgan fingerprint density at radius 2 is 2.00 bits per heavy atom. The molecular weight excluding hydrogens is 303 g/mol. The SMILES string of the molecule is C=C/C=C\C(=C/N)C(c1cccnc1)C(OC)c1ccc(F)cc1. The lowest BCUT2D eigenvalue weighted by Gasteiger charge is -2.27. The summed E-state index contributed by atoms with van der Waals surface area (Å²) in [5, 5.41) is 0. The van der Waals surface area contributed by atoms with Crippen molar-refractivity contribution in [3.8, 4) is 0 Å². The molecule has 3 nitrogen and oxygen atoms in total. The predicted octanol–water partition coefficient (Wildman–Crippen LogP) is 4.28. The Balaban J connectivity index is 2.52. The van der Waals surface area contributed by atoms with Gasteiger partial charge in [0, 0.05) is 25.4 Å². The first-order valence-electron chi connectivity index (χ1n) is 7.60. The van der Waals surface area contributed by atoms with Crippen molar-refractivity contribution in [2.45, 2.75) is 12.0 Å². The Hall–Kier alpha value is -2.72. The number of nitrogens with zero attached hydrogens (tertiary/aromatic N) is 1. The zero-order valence-electron chi connectivity index (χ0n) is 13.6. The Kier molecular flexibility index (Phi) is 6.46. The minimum absolute atomic E-state index is 0.185. The van der Waals surface area contributed by atoms with Crippen LogP contribution in [0, 0.1) is 5.82 Å². The number of methoxy groups -OCH3 is 1. The molecule has 0 saturated carbocycles. The Labute approximate surface area is 142 Å². The first-order valence-corrected chi connectivity index (χ1v) is 7.60. The topological polar surface area (TPSA) is 48.1 Å². The summed E-state index contributed by atoms with van der Waals surface area (Å²) in [6.07, 6.45) is 10.1. The lowest BCUT2D eigenvalue weighted by Crippen LogP contribution is -2.16. The summed E-state index contributed by atoms with van der Waals surface area (Å²) < 4.78 is 19.0. The van der Waals surface area contributed by atoms with Crippen molar-refractivity contribution in [3.63, 3.8) is 0 Å². The van der Waals surface area contributed by atoms with Crippen LogP contribution in [0.2, 0.25) is 0 Å². The van der Waals surface area contributed by atoms with Crippen molar-refractivity contribution >= 4 is 0 Å². The van der Waals surface area contributed by atoms with Crippen molar-refractivity contribution in [2.24, 2.45) is 5.73 Å².